The Bertz CT molecular complexity index is 460. The predicted molar refractivity (Wildman–Crippen MR) is 85.5 cm³/mol. The van der Waals surface area contributed by atoms with Crippen LogP contribution in [-0.4, -0.2) is 36.5 Å². The Balaban J connectivity index is 0.00000400. The number of rotatable bonds is 6. The Labute approximate surface area is 131 Å². The summed E-state index contributed by atoms with van der Waals surface area (Å²) in [5.41, 5.74) is 6.72. The van der Waals surface area contributed by atoms with E-state index in [9.17, 15) is 9.59 Å². The average Bonchev–Trinajstić information content (AvgIpc) is 2.38. The second-order valence-electron chi connectivity index (χ2n) is 5.01. The minimum atomic E-state index is -0.392. The van der Waals surface area contributed by atoms with Crippen LogP contribution in [0.15, 0.2) is 24.3 Å². The molecule has 1 rings (SSSR count). The number of amides is 1. The molecule has 1 amide bonds. The second kappa shape index (κ2) is 9.23. The minimum absolute atomic E-state index is 0. The van der Waals surface area contributed by atoms with Crippen molar-refractivity contribution >= 4 is 30.0 Å². The number of nitrogens with two attached hydrogens (primary N) is 1. The van der Waals surface area contributed by atoms with E-state index in [1.165, 1.54) is 4.90 Å². The van der Waals surface area contributed by atoms with Crippen molar-refractivity contribution in [3.63, 3.8) is 0 Å². The first kappa shape index (κ1) is 19.2. The molecule has 0 aromatic heterocycles. The number of nitrogen functional groups attached to an aromatic ring is 1. The lowest BCUT2D eigenvalue weighted by Crippen LogP contribution is -2.38. The van der Waals surface area contributed by atoms with Gasteiger partial charge in [0.2, 0.25) is 0 Å². The zero-order chi connectivity index (χ0) is 15.1. The first-order valence-corrected chi connectivity index (χ1v) is 6.74. The lowest BCUT2D eigenvalue weighted by Gasteiger charge is -2.23. The summed E-state index contributed by atoms with van der Waals surface area (Å²) in [4.78, 5) is 25.5. The lowest BCUT2D eigenvalue weighted by atomic mass is 10.1. The number of hydrogen-bond donors (Lipinski definition) is 1. The molecular weight excluding hydrogens is 292 g/mol. The van der Waals surface area contributed by atoms with E-state index in [1.54, 1.807) is 31.2 Å². The van der Waals surface area contributed by atoms with Crippen molar-refractivity contribution in [3.05, 3.63) is 29.8 Å². The van der Waals surface area contributed by atoms with Crippen molar-refractivity contribution < 1.29 is 14.3 Å². The summed E-state index contributed by atoms with van der Waals surface area (Å²) < 4.78 is 4.91. The van der Waals surface area contributed by atoms with Gasteiger partial charge >= 0.3 is 5.97 Å². The molecule has 0 aliphatic carbocycles. The molecule has 0 radical (unpaired) electrons. The van der Waals surface area contributed by atoms with E-state index in [0.29, 0.717) is 24.4 Å². The maximum atomic E-state index is 12.4. The molecule has 1 aromatic rings. The van der Waals surface area contributed by atoms with Crippen molar-refractivity contribution in [1.82, 2.24) is 4.90 Å². The van der Waals surface area contributed by atoms with Crippen LogP contribution in [-0.2, 0) is 9.53 Å². The molecule has 21 heavy (non-hydrogen) atoms. The Morgan fingerprint density at radius 3 is 2.29 bits per heavy atom. The van der Waals surface area contributed by atoms with Gasteiger partial charge in [-0.25, -0.2) is 0 Å². The molecule has 0 spiro atoms. The van der Waals surface area contributed by atoms with E-state index in [1.807, 2.05) is 13.8 Å². The average molecular weight is 315 g/mol. The van der Waals surface area contributed by atoms with Gasteiger partial charge in [-0.15, -0.1) is 12.4 Å². The molecule has 0 unspecified atom stereocenters. The van der Waals surface area contributed by atoms with Crippen molar-refractivity contribution in [2.24, 2.45) is 5.92 Å². The van der Waals surface area contributed by atoms with E-state index in [2.05, 4.69) is 0 Å². The fourth-order valence-corrected chi connectivity index (χ4v) is 1.83. The third kappa shape index (κ3) is 6.49. The number of ether oxygens (including phenoxy) is 1. The van der Waals surface area contributed by atoms with Crippen LogP contribution in [0.2, 0.25) is 0 Å². The fraction of sp³-hybridized carbons (Fsp3) is 0.467. The van der Waals surface area contributed by atoms with Crippen molar-refractivity contribution in [3.8, 4) is 0 Å². The predicted octanol–water partition coefficient (Wildman–Crippen LogP) is 2.35. The molecule has 0 fully saturated rings. The van der Waals surface area contributed by atoms with Crippen LogP contribution >= 0.6 is 12.4 Å². The molecule has 6 heteroatoms. The molecule has 0 aliphatic heterocycles. The number of benzene rings is 1. The summed E-state index contributed by atoms with van der Waals surface area (Å²) >= 11 is 0. The van der Waals surface area contributed by atoms with Gasteiger partial charge in [0, 0.05) is 17.8 Å². The number of hydrogen-bond acceptors (Lipinski definition) is 4. The van der Waals surface area contributed by atoms with E-state index >= 15 is 0 Å². The van der Waals surface area contributed by atoms with E-state index in [-0.39, 0.29) is 30.8 Å². The SMILES string of the molecule is CCOC(=O)CN(CC(C)C)C(=O)c1ccc(N)cc1.Cl. The Hall–Kier alpha value is -1.75. The van der Waals surface area contributed by atoms with Crippen LogP contribution in [0.5, 0.6) is 0 Å². The number of carbonyl (C=O) groups excluding carboxylic acids is 2. The quantitative estimate of drug-likeness (QED) is 0.646. The smallest absolute Gasteiger partial charge is 0.325 e. The molecular formula is C15H23ClN2O3. The summed E-state index contributed by atoms with van der Waals surface area (Å²) in [6.07, 6.45) is 0. The molecule has 118 valence electrons. The molecule has 0 saturated carbocycles. The van der Waals surface area contributed by atoms with E-state index < -0.39 is 5.97 Å². The van der Waals surface area contributed by atoms with Gasteiger partial charge < -0.3 is 15.4 Å². The third-order valence-corrected chi connectivity index (χ3v) is 2.66. The van der Waals surface area contributed by atoms with Gasteiger partial charge in [-0.1, -0.05) is 13.8 Å². The maximum absolute atomic E-state index is 12.4. The van der Waals surface area contributed by atoms with Crippen LogP contribution in [0.25, 0.3) is 0 Å². The zero-order valence-corrected chi connectivity index (χ0v) is 13.5. The molecule has 0 heterocycles. The molecule has 1 aromatic carbocycles. The van der Waals surface area contributed by atoms with Gasteiger partial charge in [0.1, 0.15) is 6.54 Å². The molecule has 2 N–H and O–H groups in total. The highest BCUT2D eigenvalue weighted by Crippen LogP contribution is 2.10. The lowest BCUT2D eigenvalue weighted by molar-refractivity contribution is -0.143. The Morgan fingerprint density at radius 1 is 1.24 bits per heavy atom. The van der Waals surface area contributed by atoms with E-state index in [0.717, 1.165) is 0 Å². The largest absolute Gasteiger partial charge is 0.465 e. The normalized spacial score (nSPS) is 9.90. The van der Waals surface area contributed by atoms with Crippen LogP contribution in [0.3, 0.4) is 0 Å². The number of carbonyl (C=O) groups is 2. The second-order valence-corrected chi connectivity index (χ2v) is 5.01. The highest BCUT2D eigenvalue weighted by molar-refractivity contribution is 5.96. The first-order valence-electron chi connectivity index (χ1n) is 6.74. The van der Waals surface area contributed by atoms with Crippen molar-refractivity contribution in [1.29, 1.82) is 0 Å². The number of esters is 1. The number of anilines is 1. The summed E-state index contributed by atoms with van der Waals surface area (Å²) in [5, 5.41) is 0. The van der Waals surface area contributed by atoms with E-state index in [4.69, 9.17) is 10.5 Å². The molecule has 0 atom stereocenters. The highest BCUT2D eigenvalue weighted by Gasteiger charge is 2.20. The standard InChI is InChI=1S/C15H22N2O3.ClH/c1-4-20-14(18)10-17(9-11(2)3)15(19)12-5-7-13(16)8-6-12;/h5-8,11H,4,9-10,16H2,1-3H3;1H. The topological polar surface area (TPSA) is 72.6 Å². The first-order chi connectivity index (χ1) is 9.43. The Morgan fingerprint density at radius 2 is 1.81 bits per heavy atom. The minimum Gasteiger partial charge on any atom is -0.465 e. The van der Waals surface area contributed by atoms with Crippen molar-refractivity contribution in [2.45, 2.75) is 20.8 Å². The summed E-state index contributed by atoms with van der Waals surface area (Å²) in [7, 11) is 0. The van der Waals surface area contributed by atoms with Crippen LogP contribution in [0, 0.1) is 5.92 Å². The van der Waals surface area contributed by atoms with Crippen LogP contribution < -0.4 is 5.73 Å². The van der Waals surface area contributed by atoms with Gasteiger partial charge in [-0.2, -0.15) is 0 Å². The highest BCUT2D eigenvalue weighted by atomic mass is 35.5. The fourth-order valence-electron chi connectivity index (χ4n) is 1.83. The van der Waals surface area contributed by atoms with Gasteiger partial charge in [0.25, 0.3) is 5.91 Å². The third-order valence-electron chi connectivity index (χ3n) is 2.66. The van der Waals surface area contributed by atoms with Gasteiger partial charge in [-0.3, -0.25) is 9.59 Å². The summed E-state index contributed by atoms with van der Waals surface area (Å²) in [6.45, 7) is 6.51. The van der Waals surface area contributed by atoms with Gasteiger partial charge in [0.15, 0.2) is 0 Å². The summed E-state index contributed by atoms with van der Waals surface area (Å²) in [6, 6.07) is 6.67. The zero-order valence-electron chi connectivity index (χ0n) is 12.7. The molecule has 5 nitrogen and oxygen atoms in total. The van der Waals surface area contributed by atoms with Crippen molar-refractivity contribution in [2.75, 3.05) is 25.4 Å². The maximum Gasteiger partial charge on any atom is 0.325 e. The van der Waals surface area contributed by atoms with Gasteiger partial charge in [-0.05, 0) is 37.1 Å². The van der Waals surface area contributed by atoms with Gasteiger partial charge in [0.05, 0.1) is 6.61 Å². The summed E-state index contributed by atoms with van der Waals surface area (Å²) in [5.74, 6) is -0.314. The Kier molecular flexibility index (Phi) is 8.47. The monoisotopic (exact) mass is 314 g/mol. The number of nitrogens with zero attached hydrogens (tertiary/aromatic N) is 1. The molecule has 0 saturated heterocycles. The molecule has 0 bridgehead atoms. The number of halogens is 1. The molecule has 0 aliphatic rings. The van der Waals surface area contributed by atoms with Crippen LogP contribution in [0.4, 0.5) is 5.69 Å². The van der Waals surface area contributed by atoms with Crippen LogP contribution in [0.1, 0.15) is 31.1 Å².